The predicted molar refractivity (Wildman–Crippen MR) is 34.6 cm³/mol. The molecule has 0 rings (SSSR count). The lowest BCUT2D eigenvalue weighted by molar-refractivity contribution is -0.179. The molecule has 0 spiro atoms. The molecule has 0 saturated carbocycles. The molecule has 11 heavy (non-hydrogen) atoms. The van der Waals surface area contributed by atoms with Crippen LogP contribution < -0.4 is 0 Å². The van der Waals surface area contributed by atoms with Crippen molar-refractivity contribution in [2.45, 2.75) is 12.7 Å². The van der Waals surface area contributed by atoms with Crippen LogP contribution in [0, 0.1) is 0 Å². The minimum Gasteiger partial charge on any atom is -0.371 e. The lowest BCUT2D eigenvalue weighted by Gasteiger charge is -2.13. The van der Waals surface area contributed by atoms with E-state index in [-0.39, 0.29) is 6.61 Å². The third-order valence-corrected chi connectivity index (χ3v) is 0.983. The van der Waals surface area contributed by atoms with Gasteiger partial charge in [0.25, 0.3) is 0 Å². The second-order valence-corrected chi connectivity index (χ2v) is 2.19. The zero-order valence-corrected chi connectivity index (χ0v) is 6.21. The maximum Gasteiger partial charge on any atom is 0.223 e. The predicted octanol–water partition coefficient (Wildman–Crippen LogP) is -0.758. The van der Waals surface area contributed by atoms with Crippen molar-refractivity contribution in [1.29, 1.82) is 0 Å². The van der Waals surface area contributed by atoms with Crippen molar-refractivity contribution in [2.24, 2.45) is 0 Å². The van der Waals surface area contributed by atoms with Gasteiger partial charge in [-0.25, -0.2) is 4.39 Å². The first-order chi connectivity index (χ1) is 4.98. The average molecular weight is 166 g/mol. The van der Waals surface area contributed by atoms with Gasteiger partial charge in [0.05, 0.1) is 6.61 Å². The number of carbonyl (C=O) groups is 1. The van der Waals surface area contributed by atoms with Crippen LogP contribution in [0.15, 0.2) is 0 Å². The zero-order chi connectivity index (χ0) is 8.91. The molecule has 0 aliphatic rings. The molecule has 0 aliphatic carbocycles. The molecule has 5 heteroatoms. The van der Waals surface area contributed by atoms with Gasteiger partial charge in [-0.15, -0.1) is 0 Å². The van der Waals surface area contributed by atoms with E-state index in [0.29, 0.717) is 0 Å². The molecule has 0 aromatic heterocycles. The molecule has 0 fully saturated rings. The lowest BCUT2D eigenvalue weighted by Crippen LogP contribution is -2.37. The molecule has 0 heterocycles. The molecular formula is C6H11FO4. The molecule has 0 unspecified atom stereocenters. The summed E-state index contributed by atoms with van der Waals surface area (Å²) in [5.74, 6) is -3.26. The van der Waals surface area contributed by atoms with Crippen molar-refractivity contribution in [3.05, 3.63) is 0 Å². The quantitative estimate of drug-likeness (QED) is 0.416. The van der Waals surface area contributed by atoms with Gasteiger partial charge in [-0.1, -0.05) is 0 Å². The maximum absolute atomic E-state index is 11.4. The summed E-state index contributed by atoms with van der Waals surface area (Å²) in [5, 5.41) is 17.2. The second-order valence-electron chi connectivity index (χ2n) is 2.19. The van der Waals surface area contributed by atoms with Crippen LogP contribution in [0.25, 0.3) is 0 Å². The summed E-state index contributed by atoms with van der Waals surface area (Å²) in [5.41, 5.74) is 0. The molecule has 0 saturated heterocycles. The van der Waals surface area contributed by atoms with E-state index in [1.807, 2.05) is 0 Å². The Labute approximate surface area is 63.6 Å². The molecular weight excluding hydrogens is 155 g/mol. The van der Waals surface area contributed by atoms with Gasteiger partial charge in [-0.2, -0.15) is 0 Å². The largest absolute Gasteiger partial charge is 0.371 e. The summed E-state index contributed by atoms with van der Waals surface area (Å²) < 4.78 is 15.8. The molecule has 0 amide bonds. The molecule has 0 aromatic rings. The first-order valence-corrected chi connectivity index (χ1v) is 3.10. The van der Waals surface area contributed by atoms with Gasteiger partial charge in [0.2, 0.25) is 11.6 Å². The van der Waals surface area contributed by atoms with Crippen molar-refractivity contribution in [3.63, 3.8) is 0 Å². The monoisotopic (exact) mass is 166 g/mol. The summed E-state index contributed by atoms with van der Waals surface area (Å²) in [6.45, 7) is -0.454. The van der Waals surface area contributed by atoms with Crippen molar-refractivity contribution < 1.29 is 24.1 Å². The maximum atomic E-state index is 11.4. The van der Waals surface area contributed by atoms with E-state index in [4.69, 9.17) is 10.2 Å². The van der Waals surface area contributed by atoms with Crippen LogP contribution in [-0.2, 0) is 9.53 Å². The van der Waals surface area contributed by atoms with Gasteiger partial charge >= 0.3 is 0 Å². The van der Waals surface area contributed by atoms with E-state index in [1.165, 1.54) is 0 Å². The van der Waals surface area contributed by atoms with Crippen LogP contribution in [0.3, 0.4) is 0 Å². The van der Waals surface area contributed by atoms with Gasteiger partial charge < -0.3 is 14.9 Å². The summed E-state index contributed by atoms with van der Waals surface area (Å²) in [7, 11) is 0. The van der Waals surface area contributed by atoms with Crippen molar-refractivity contribution in [3.8, 4) is 0 Å². The highest BCUT2D eigenvalue weighted by atomic mass is 19.1. The van der Waals surface area contributed by atoms with Crippen LogP contribution >= 0.6 is 0 Å². The number of halogens is 1. The Kier molecular flexibility index (Phi) is 4.17. The number of hydrogen-bond donors (Lipinski definition) is 2. The van der Waals surface area contributed by atoms with E-state index in [0.717, 1.165) is 6.92 Å². The fourth-order valence-corrected chi connectivity index (χ4v) is 0.356. The van der Waals surface area contributed by atoms with Crippen LogP contribution in [0.1, 0.15) is 6.92 Å². The molecule has 0 atom stereocenters. The van der Waals surface area contributed by atoms with Crippen molar-refractivity contribution in [1.82, 2.24) is 0 Å². The Bertz CT molecular complexity index is 129. The van der Waals surface area contributed by atoms with Gasteiger partial charge in [0, 0.05) is 0 Å². The molecule has 2 N–H and O–H groups in total. The fraction of sp³-hybridized carbons (Fsp3) is 0.833. The summed E-state index contributed by atoms with van der Waals surface area (Å²) in [6.07, 6.45) is 0. The first-order valence-electron chi connectivity index (χ1n) is 3.10. The van der Waals surface area contributed by atoms with Gasteiger partial charge in [-0.05, 0) is 6.92 Å². The summed E-state index contributed by atoms with van der Waals surface area (Å²) in [4.78, 5) is 10.6. The molecule has 4 nitrogen and oxygen atoms in total. The zero-order valence-electron chi connectivity index (χ0n) is 6.21. The van der Waals surface area contributed by atoms with Crippen molar-refractivity contribution in [2.75, 3.05) is 19.9 Å². The standard InChI is InChI=1S/C6H11FO4/c1-6(9,10)5(8)4-11-3-2-7/h9-10H,2-4H2,1H3. The number of Topliss-reactive ketones (excluding diaryl/α,β-unsaturated/α-hetero) is 1. The second kappa shape index (κ2) is 4.38. The highest BCUT2D eigenvalue weighted by Crippen LogP contribution is 1.98. The normalized spacial score (nSPS) is 11.6. The Hall–Kier alpha value is -0.520. The van der Waals surface area contributed by atoms with Gasteiger partial charge in [0.1, 0.15) is 13.3 Å². The molecule has 0 aliphatic heterocycles. The SMILES string of the molecule is CC(O)(O)C(=O)COCCF. The minimum atomic E-state index is -2.38. The van der Waals surface area contributed by atoms with Gasteiger partial charge in [0.15, 0.2) is 0 Å². The number of alkyl halides is 1. The Morgan fingerprint density at radius 2 is 2.18 bits per heavy atom. The Morgan fingerprint density at radius 3 is 2.55 bits per heavy atom. The third-order valence-electron chi connectivity index (χ3n) is 0.983. The molecule has 0 aromatic carbocycles. The lowest BCUT2D eigenvalue weighted by atomic mass is 10.2. The third kappa shape index (κ3) is 4.83. The van der Waals surface area contributed by atoms with E-state index in [2.05, 4.69) is 4.74 Å². The smallest absolute Gasteiger partial charge is 0.223 e. The number of rotatable bonds is 5. The first kappa shape index (κ1) is 10.5. The molecule has 0 radical (unpaired) electrons. The van der Waals surface area contributed by atoms with Gasteiger partial charge in [-0.3, -0.25) is 4.79 Å². The summed E-state index contributed by atoms with van der Waals surface area (Å²) >= 11 is 0. The number of ketones is 1. The number of carbonyl (C=O) groups excluding carboxylic acids is 1. The van der Waals surface area contributed by atoms with E-state index in [1.54, 1.807) is 0 Å². The fourth-order valence-electron chi connectivity index (χ4n) is 0.356. The Balaban J connectivity index is 3.54. The topological polar surface area (TPSA) is 66.8 Å². The van der Waals surface area contributed by atoms with E-state index < -0.39 is 24.9 Å². The van der Waals surface area contributed by atoms with Crippen LogP contribution in [0.2, 0.25) is 0 Å². The van der Waals surface area contributed by atoms with Crippen LogP contribution in [-0.4, -0.2) is 41.7 Å². The van der Waals surface area contributed by atoms with E-state index in [9.17, 15) is 9.18 Å². The number of aliphatic hydroxyl groups is 2. The number of ether oxygens (including phenoxy) is 1. The van der Waals surface area contributed by atoms with E-state index >= 15 is 0 Å². The minimum absolute atomic E-state index is 0.207. The van der Waals surface area contributed by atoms with Crippen LogP contribution in [0.5, 0.6) is 0 Å². The Morgan fingerprint density at radius 1 is 1.64 bits per heavy atom. The molecule has 0 bridgehead atoms. The summed E-state index contributed by atoms with van der Waals surface area (Å²) in [6, 6.07) is 0. The highest BCUT2D eigenvalue weighted by molar-refractivity contribution is 5.85. The number of hydrogen-bond acceptors (Lipinski definition) is 4. The van der Waals surface area contributed by atoms with Crippen molar-refractivity contribution >= 4 is 5.78 Å². The highest BCUT2D eigenvalue weighted by Gasteiger charge is 2.25. The van der Waals surface area contributed by atoms with Crippen LogP contribution in [0.4, 0.5) is 4.39 Å². The average Bonchev–Trinajstić information content (AvgIpc) is 1.86. The molecule has 66 valence electrons.